The molecule has 1 aliphatic carbocycles. The van der Waals surface area contributed by atoms with E-state index in [2.05, 4.69) is 27.3 Å². The minimum atomic E-state index is -0.0715. The summed E-state index contributed by atoms with van der Waals surface area (Å²) in [6.45, 7) is 0.796. The minimum absolute atomic E-state index is 0.0715. The smallest absolute Gasteiger partial charge is 0.271 e. The molecule has 25 heavy (non-hydrogen) atoms. The maximum atomic E-state index is 12.6. The molecule has 2 fully saturated rings. The minimum Gasteiger partial charge on any atom is -0.376 e. The van der Waals surface area contributed by atoms with Gasteiger partial charge < -0.3 is 15.0 Å². The van der Waals surface area contributed by atoms with Gasteiger partial charge in [0.25, 0.3) is 5.91 Å². The molecule has 1 aromatic heterocycles. The van der Waals surface area contributed by atoms with E-state index < -0.39 is 0 Å². The topological polar surface area (TPSA) is 54.5 Å². The molecule has 2 heterocycles. The lowest BCUT2D eigenvalue weighted by Crippen LogP contribution is -2.69. The number of nitrogens with one attached hydrogen (secondary N) is 1. The van der Waals surface area contributed by atoms with Crippen LogP contribution in [0.4, 0.5) is 0 Å². The molecule has 0 radical (unpaired) electrons. The van der Waals surface area contributed by atoms with Crippen molar-refractivity contribution in [1.82, 2.24) is 15.2 Å². The molecule has 5 nitrogen and oxygen atoms in total. The van der Waals surface area contributed by atoms with Crippen LogP contribution in [0, 0.1) is 5.92 Å². The number of amides is 1. The Kier molecular flexibility index (Phi) is 4.58. The van der Waals surface area contributed by atoms with Crippen LogP contribution in [0.3, 0.4) is 0 Å². The van der Waals surface area contributed by atoms with Crippen LogP contribution >= 0.6 is 11.3 Å². The number of fused-ring (bicyclic) bond motifs is 1. The maximum Gasteiger partial charge on any atom is 0.271 e. The van der Waals surface area contributed by atoms with Crippen molar-refractivity contribution in [2.24, 2.45) is 5.92 Å². The summed E-state index contributed by atoms with van der Waals surface area (Å²) in [6.07, 6.45) is 2.04. The normalized spacial score (nSPS) is 27.8. The van der Waals surface area contributed by atoms with Gasteiger partial charge in [0.05, 0.1) is 23.2 Å². The highest BCUT2D eigenvalue weighted by molar-refractivity contribution is 7.09. The highest BCUT2D eigenvalue weighted by Gasteiger charge is 2.55. The van der Waals surface area contributed by atoms with Gasteiger partial charge in [-0.3, -0.25) is 4.79 Å². The Morgan fingerprint density at radius 2 is 2.16 bits per heavy atom. The number of likely N-dealkylation sites (N-methyl/N-ethyl adjacent to an activating group) is 1. The number of aromatic nitrogens is 1. The van der Waals surface area contributed by atoms with E-state index in [-0.39, 0.29) is 24.1 Å². The Hall–Kier alpha value is -1.76. The summed E-state index contributed by atoms with van der Waals surface area (Å²) in [5.74, 6) is 0.358. The number of nitrogens with zero attached hydrogens (tertiary/aromatic N) is 2. The monoisotopic (exact) mass is 357 g/mol. The standard InChI is InChI=1S/C19H23N3O2S/c1-22(2)17-16(13-8-9-24-18(13)17)21-19(23)14-11-25-15(20-14)10-12-6-4-3-5-7-12/h3-7,11,13,16-18H,8-10H2,1-2H3,(H,21,23)/t13-,16+,17-,18-/m1/s1. The number of carbonyl (C=O) groups excluding carboxylic acids is 1. The lowest BCUT2D eigenvalue weighted by molar-refractivity contribution is -0.0664. The number of rotatable bonds is 5. The molecule has 1 amide bonds. The first-order valence-corrected chi connectivity index (χ1v) is 9.58. The predicted molar refractivity (Wildman–Crippen MR) is 97.9 cm³/mol. The Bertz CT molecular complexity index is 746. The van der Waals surface area contributed by atoms with Gasteiger partial charge in [-0.2, -0.15) is 0 Å². The van der Waals surface area contributed by atoms with Crippen molar-refractivity contribution in [3.8, 4) is 0 Å². The number of benzene rings is 1. The molecule has 1 aromatic carbocycles. The van der Waals surface area contributed by atoms with E-state index >= 15 is 0 Å². The fraction of sp³-hybridized carbons (Fsp3) is 0.474. The van der Waals surface area contributed by atoms with E-state index in [0.29, 0.717) is 11.6 Å². The molecule has 2 aliphatic rings. The van der Waals surface area contributed by atoms with Gasteiger partial charge in [-0.05, 0) is 26.1 Å². The molecule has 4 atom stereocenters. The molecule has 1 aliphatic heterocycles. The Morgan fingerprint density at radius 3 is 2.92 bits per heavy atom. The summed E-state index contributed by atoms with van der Waals surface area (Å²) in [5, 5.41) is 6.03. The maximum absolute atomic E-state index is 12.6. The van der Waals surface area contributed by atoms with E-state index in [9.17, 15) is 4.79 Å². The van der Waals surface area contributed by atoms with E-state index in [1.807, 2.05) is 37.7 Å². The van der Waals surface area contributed by atoms with Crippen LogP contribution in [-0.2, 0) is 11.2 Å². The quantitative estimate of drug-likeness (QED) is 0.891. The van der Waals surface area contributed by atoms with Gasteiger partial charge in [0, 0.05) is 24.3 Å². The summed E-state index contributed by atoms with van der Waals surface area (Å²) < 4.78 is 5.81. The van der Waals surface area contributed by atoms with Crippen LogP contribution in [-0.4, -0.2) is 54.7 Å². The van der Waals surface area contributed by atoms with E-state index in [1.165, 1.54) is 5.56 Å². The van der Waals surface area contributed by atoms with Crippen LogP contribution in [0.1, 0.15) is 27.5 Å². The lowest BCUT2D eigenvalue weighted by atomic mass is 9.71. The Morgan fingerprint density at radius 1 is 1.36 bits per heavy atom. The van der Waals surface area contributed by atoms with Gasteiger partial charge in [-0.15, -0.1) is 11.3 Å². The lowest BCUT2D eigenvalue weighted by Gasteiger charge is -2.50. The zero-order valence-electron chi connectivity index (χ0n) is 14.5. The van der Waals surface area contributed by atoms with E-state index in [0.717, 1.165) is 24.5 Å². The number of hydrogen-bond donors (Lipinski definition) is 1. The summed E-state index contributed by atoms with van der Waals surface area (Å²) in [4.78, 5) is 19.3. The fourth-order valence-electron chi connectivity index (χ4n) is 3.98. The molecule has 4 rings (SSSR count). The van der Waals surface area contributed by atoms with Crippen molar-refractivity contribution < 1.29 is 9.53 Å². The molecule has 0 unspecified atom stereocenters. The third-order valence-corrected chi connectivity index (χ3v) is 6.07. The van der Waals surface area contributed by atoms with Gasteiger partial charge in [-0.25, -0.2) is 4.98 Å². The third kappa shape index (κ3) is 3.21. The highest BCUT2D eigenvalue weighted by atomic mass is 32.1. The van der Waals surface area contributed by atoms with Crippen molar-refractivity contribution in [3.05, 3.63) is 52.0 Å². The van der Waals surface area contributed by atoms with Gasteiger partial charge >= 0.3 is 0 Å². The van der Waals surface area contributed by atoms with Crippen molar-refractivity contribution in [2.45, 2.75) is 31.0 Å². The average Bonchev–Trinajstić information content (AvgIpc) is 3.21. The zero-order chi connectivity index (χ0) is 17.4. The first kappa shape index (κ1) is 16.7. The largest absolute Gasteiger partial charge is 0.376 e. The van der Waals surface area contributed by atoms with E-state index in [1.54, 1.807) is 11.3 Å². The third-order valence-electron chi connectivity index (χ3n) is 5.23. The SMILES string of the molecule is CN(C)[C@@H]1[C@@H](NC(=O)c2csc(Cc3ccccc3)n2)[C@H]2CCO[C@H]21. The number of thiazole rings is 1. The van der Waals surface area contributed by atoms with Crippen LogP contribution in [0.2, 0.25) is 0 Å². The van der Waals surface area contributed by atoms with Crippen LogP contribution < -0.4 is 5.32 Å². The summed E-state index contributed by atoms with van der Waals surface area (Å²) in [7, 11) is 4.09. The van der Waals surface area contributed by atoms with Crippen LogP contribution in [0.25, 0.3) is 0 Å². The number of ether oxygens (including phenoxy) is 1. The van der Waals surface area contributed by atoms with Crippen molar-refractivity contribution in [1.29, 1.82) is 0 Å². The first-order chi connectivity index (χ1) is 12.1. The number of carbonyl (C=O) groups is 1. The first-order valence-electron chi connectivity index (χ1n) is 8.70. The molecule has 0 spiro atoms. The molecule has 0 bridgehead atoms. The summed E-state index contributed by atoms with van der Waals surface area (Å²) in [5.41, 5.74) is 1.73. The highest BCUT2D eigenvalue weighted by Crippen LogP contribution is 2.41. The number of hydrogen-bond acceptors (Lipinski definition) is 5. The predicted octanol–water partition coefficient (Wildman–Crippen LogP) is 2.18. The Labute approximate surface area is 152 Å². The molecule has 2 aromatic rings. The van der Waals surface area contributed by atoms with Crippen molar-refractivity contribution in [3.63, 3.8) is 0 Å². The Balaban J connectivity index is 1.41. The van der Waals surface area contributed by atoms with Gasteiger partial charge in [0.2, 0.25) is 0 Å². The molecular formula is C19H23N3O2S. The van der Waals surface area contributed by atoms with Gasteiger partial charge in [0.15, 0.2) is 0 Å². The van der Waals surface area contributed by atoms with Crippen LogP contribution in [0.15, 0.2) is 35.7 Å². The molecular weight excluding hydrogens is 334 g/mol. The molecule has 6 heteroatoms. The molecule has 132 valence electrons. The van der Waals surface area contributed by atoms with Crippen molar-refractivity contribution >= 4 is 17.2 Å². The summed E-state index contributed by atoms with van der Waals surface area (Å²) in [6, 6.07) is 10.6. The van der Waals surface area contributed by atoms with Crippen LogP contribution in [0.5, 0.6) is 0 Å². The van der Waals surface area contributed by atoms with Crippen molar-refractivity contribution in [2.75, 3.05) is 20.7 Å². The second kappa shape index (κ2) is 6.86. The average molecular weight is 357 g/mol. The zero-order valence-corrected chi connectivity index (χ0v) is 15.3. The second-order valence-corrected chi connectivity index (χ2v) is 7.97. The second-order valence-electron chi connectivity index (χ2n) is 7.03. The molecule has 1 saturated carbocycles. The molecule has 1 N–H and O–H groups in total. The van der Waals surface area contributed by atoms with Gasteiger partial charge in [0.1, 0.15) is 5.69 Å². The fourth-order valence-corrected chi connectivity index (χ4v) is 4.78. The molecule has 1 saturated heterocycles. The van der Waals surface area contributed by atoms with E-state index in [4.69, 9.17) is 4.74 Å². The van der Waals surface area contributed by atoms with Gasteiger partial charge in [-0.1, -0.05) is 30.3 Å². The summed E-state index contributed by atoms with van der Waals surface area (Å²) >= 11 is 1.54.